The Bertz CT molecular complexity index is 1090. The first kappa shape index (κ1) is 52.0. The van der Waals surface area contributed by atoms with Crippen molar-refractivity contribution in [3.05, 3.63) is 60.8 Å². The average Bonchev–Trinajstić information content (AvgIpc) is 3.14. The molecule has 0 saturated heterocycles. The van der Waals surface area contributed by atoms with Gasteiger partial charge in [0.15, 0.2) is 12.1 Å². The second kappa shape index (κ2) is 37.9. The number of hydrogen-bond acceptors (Lipinski definition) is 6. The van der Waals surface area contributed by atoms with Gasteiger partial charge >= 0.3 is 17.9 Å². The quantitative estimate of drug-likeness (QED) is 0.0289. The molecular formula is C47H82NO7+. The van der Waals surface area contributed by atoms with Crippen LogP contribution in [0, 0.1) is 0 Å². The summed E-state index contributed by atoms with van der Waals surface area (Å²) in [6.45, 7) is 4.55. The number of carbonyl (C=O) groups excluding carboxylic acids is 2. The zero-order chi connectivity index (χ0) is 40.7. The van der Waals surface area contributed by atoms with Crippen LogP contribution in [0.5, 0.6) is 0 Å². The smallest absolute Gasteiger partial charge is 0.362 e. The highest BCUT2D eigenvalue weighted by Gasteiger charge is 2.31. The Kier molecular flexibility index (Phi) is 35.9. The van der Waals surface area contributed by atoms with Gasteiger partial charge in [-0.1, -0.05) is 139 Å². The van der Waals surface area contributed by atoms with Gasteiger partial charge in [-0.15, -0.1) is 0 Å². The second-order valence-electron chi connectivity index (χ2n) is 15.6. The van der Waals surface area contributed by atoms with E-state index in [0.717, 1.165) is 89.9 Å². The van der Waals surface area contributed by atoms with E-state index in [1.54, 1.807) is 0 Å². The molecule has 0 aliphatic carbocycles. The van der Waals surface area contributed by atoms with Crippen molar-refractivity contribution >= 4 is 17.9 Å². The van der Waals surface area contributed by atoms with Crippen LogP contribution in [0.15, 0.2) is 60.8 Å². The molecule has 0 aromatic rings. The lowest BCUT2D eigenvalue weighted by molar-refractivity contribution is -0.887. The van der Waals surface area contributed by atoms with E-state index in [1.165, 1.54) is 44.9 Å². The number of likely N-dealkylation sites (N-methyl/N-ethyl adjacent to an activating group) is 1. The topological polar surface area (TPSA) is 99.1 Å². The lowest BCUT2D eigenvalue weighted by Crippen LogP contribution is -2.50. The Labute approximate surface area is 337 Å². The van der Waals surface area contributed by atoms with Crippen molar-refractivity contribution in [2.75, 3.05) is 41.0 Å². The van der Waals surface area contributed by atoms with Gasteiger partial charge in [0, 0.05) is 19.3 Å². The van der Waals surface area contributed by atoms with E-state index in [4.69, 9.17) is 14.2 Å². The number of unbranched alkanes of at least 4 members (excludes halogenated alkanes) is 14. The molecule has 0 aromatic heterocycles. The molecular weight excluding hydrogens is 691 g/mol. The SMILES string of the molecule is CC/C=C\C/C=C\C/C=C\CCCCCCCCCC(=O)OC(COCCC(C(=O)O)[N+](C)(C)C)COC(=O)CCCCCCC/C=C\C/C=C\CCCC. The van der Waals surface area contributed by atoms with Gasteiger partial charge in [0.1, 0.15) is 6.61 Å². The molecule has 2 unspecified atom stereocenters. The van der Waals surface area contributed by atoms with Crippen LogP contribution < -0.4 is 0 Å². The molecule has 0 rings (SSSR count). The highest BCUT2D eigenvalue weighted by atomic mass is 16.6. The number of aliphatic carboxylic acids is 1. The number of hydrogen-bond donors (Lipinski definition) is 1. The molecule has 2 atom stereocenters. The molecule has 0 fully saturated rings. The molecule has 0 spiro atoms. The van der Waals surface area contributed by atoms with Crippen molar-refractivity contribution in [2.45, 2.75) is 180 Å². The molecule has 0 radical (unpaired) electrons. The van der Waals surface area contributed by atoms with E-state index in [2.05, 4.69) is 74.6 Å². The highest BCUT2D eigenvalue weighted by Crippen LogP contribution is 2.13. The number of allylic oxidation sites excluding steroid dienone is 10. The molecule has 0 amide bonds. The molecule has 0 bridgehead atoms. The lowest BCUT2D eigenvalue weighted by Gasteiger charge is -2.31. The zero-order valence-corrected chi connectivity index (χ0v) is 35.9. The van der Waals surface area contributed by atoms with E-state index in [0.29, 0.717) is 19.3 Å². The Hall–Kier alpha value is -2.97. The van der Waals surface area contributed by atoms with Crippen LogP contribution in [-0.4, -0.2) is 80.6 Å². The molecule has 8 nitrogen and oxygen atoms in total. The molecule has 0 heterocycles. The van der Waals surface area contributed by atoms with E-state index in [-0.39, 0.29) is 36.2 Å². The van der Waals surface area contributed by atoms with Gasteiger partial charge in [0.25, 0.3) is 0 Å². The van der Waals surface area contributed by atoms with Gasteiger partial charge < -0.3 is 23.8 Å². The van der Waals surface area contributed by atoms with Gasteiger partial charge in [-0.25, -0.2) is 4.79 Å². The fraction of sp³-hybridized carbons (Fsp3) is 0.723. The summed E-state index contributed by atoms with van der Waals surface area (Å²) in [6, 6.07) is -0.620. The number of ether oxygens (including phenoxy) is 3. The maximum absolute atomic E-state index is 12.7. The van der Waals surface area contributed by atoms with E-state index in [9.17, 15) is 19.5 Å². The first-order chi connectivity index (χ1) is 26.6. The first-order valence-corrected chi connectivity index (χ1v) is 21.8. The Morgan fingerprint density at radius 1 is 0.564 bits per heavy atom. The summed E-state index contributed by atoms with van der Waals surface area (Å²) < 4.78 is 17.2. The monoisotopic (exact) mass is 773 g/mol. The maximum Gasteiger partial charge on any atom is 0.362 e. The molecule has 8 heteroatoms. The van der Waals surface area contributed by atoms with Crippen molar-refractivity contribution in [1.29, 1.82) is 0 Å². The fourth-order valence-corrected chi connectivity index (χ4v) is 6.00. The van der Waals surface area contributed by atoms with Crippen LogP contribution in [0.3, 0.4) is 0 Å². The Morgan fingerprint density at radius 3 is 1.51 bits per heavy atom. The Balaban J connectivity index is 4.39. The summed E-state index contributed by atoms with van der Waals surface area (Å²) in [7, 11) is 5.51. The van der Waals surface area contributed by atoms with Crippen LogP contribution in [0.4, 0.5) is 0 Å². The van der Waals surface area contributed by atoms with E-state index < -0.39 is 18.1 Å². The molecule has 0 aliphatic heterocycles. The molecule has 55 heavy (non-hydrogen) atoms. The number of esters is 2. The summed E-state index contributed by atoms with van der Waals surface area (Å²) in [4.78, 5) is 37.0. The van der Waals surface area contributed by atoms with Crippen LogP contribution in [0.1, 0.15) is 168 Å². The lowest BCUT2D eigenvalue weighted by atomic mass is 10.1. The van der Waals surface area contributed by atoms with Crippen molar-refractivity contribution in [1.82, 2.24) is 0 Å². The summed E-state index contributed by atoms with van der Waals surface area (Å²) in [5.74, 6) is -1.50. The maximum atomic E-state index is 12.7. The first-order valence-electron chi connectivity index (χ1n) is 21.8. The van der Waals surface area contributed by atoms with E-state index >= 15 is 0 Å². The minimum absolute atomic E-state index is 0.0502. The molecule has 1 N–H and O–H groups in total. The van der Waals surface area contributed by atoms with Crippen molar-refractivity contribution in [2.24, 2.45) is 0 Å². The average molecular weight is 773 g/mol. The van der Waals surface area contributed by atoms with Crippen molar-refractivity contribution < 1.29 is 38.2 Å². The number of quaternary nitrogens is 1. The predicted octanol–water partition coefficient (Wildman–Crippen LogP) is 11.8. The van der Waals surface area contributed by atoms with Gasteiger partial charge in [0.05, 0.1) is 34.4 Å². The van der Waals surface area contributed by atoms with Crippen LogP contribution in [-0.2, 0) is 28.6 Å². The summed E-state index contributed by atoms with van der Waals surface area (Å²) >= 11 is 0. The fourth-order valence-electron chi connectivity index (χ4n) is 6.00. The predicted molar refractivity (Wildman–Crippen MR) is 229 cm³/mol. The molecule has 0 aliphatic rings. The minimum atomic E-state index is -0.881. The molecule has 0 aromatic carbocycles. The largest absolute Gasteiger partial charge is 0.477 e. The highest BCUT2D eigenvalue weighted by molar-refractivity contribution is 5.72. The van der Waals surface area contributed by atoms with Gasteiger partial charge in [-0.3, -0.25) is 9.59 Å². The number of nitrogens with zero attached hydrogens (tertiary/aromatic N) is 1. The third-order valence-electron chi connectivity index (χ3n) is 9.40. The minimum Gasteiger partial charge on any atom is -0.477 e. The number of carboxylic acid groups (broad SMARTS) is 1. The van der Waals surface area contributed by atoms with Crippen LogP contribution in [0.2, 0.25) is 0 Å². The van der Waals surface area contributed by atoms with Gasteiger partial charge in [-0.2, -0.15) is 0 Å². The third kappa shape index (κ3) is 36.4. The number of carbonyl (C=O) groups is 3. The third-order valence-corrected chi connectivity index (χ3v) is 9.40. The molecule has 316 valence electrons. The summed E-state index contributed by atoms with van der Waals surface area (Å²) in [5.41, 5.74) is 0. The number of carboxylic acids is 1. The summed E-state index contributed by atoms with van der Waals surface area (Å²) in [5, 5.41) is 9.61. The zero-order valence-electron chi connectivity index (χ0n) is 35.9. The second-order valence-corrected chi connectivity index (χ2v) is 15.6. The Morgan fingerprint density at radius 2 is 1.02 bits per heavy atom. The number of rotatable bonds is 38. The van der Waals surface area contributed by atoms with Gasteiger partial charge in [-0.05, 0) is 70.6 Å². The van der Waals surface area contributed by atoms with Crippen LogP contribution in [0.25, 0.3) is 0 Å². The normalized spacial score (nSPS) is 13.5. The van der Waals surface area contributed by atoms with Gasteiger partial charge in [0.2, 0.25) is 0 Å². The summed E-state index contributed by atoms with van der Waals surface area (Å²) in [6.07, 6.45) is 45.4. The van der Waals surface area contributed by atoms with Crippen molar-refractivity contribution in [3.8, 4) is 0 Å². The van der Waals surface area contributed by atoms with Crippen LogP contribution >= 0.6 is 0 Å². The van der Waals surface area contributed by atoms with E-state index in [1.807, 2.05) is 21.1 Å². The standard InChI is InChI=1S/C47H81NO7/c1-6-8-10-12-14-16-18-20-22-23-24-26-28-30-32-34-36-38-46(50)55-43(41-53-40-39-44(47(51)52)48(3,4)5)42-54-45(49)37-35-33-31-29-27-25-21-19-17-15-13-11-9-7-2/h8,10,13-16,19-22,43-44H,6-7,9,11-12,17-18,23-42H2,1-5H3/p+1/b10-8-,15-13-,16-14-,21-19-,22-20-. The molecule has 0 saturated carbocycles. The van der Waals surface area contributed by atoms with Crippen molar-refractivity contribution in [3.63, 3.8) is 0 Å².